The Bertz CT molecular complexity index is 563. The first-order chi connectivity index (χ1) is 9.88. The molecule has 0 amide bonds. The number of aromatic nitrogens is 1. The van der Waals surface area contributed by atoms with Crippen LogP contribution in [0.15, 0.2) is 48.7 Å². The van der Waals surface area contributed by atoms with Crippen molar-refractivity contribution in [1.82, 2.24) is 10.3 Å². The van der Waals surface area contributed by atoms with E-state index in [0.717, 1.165) is 36.5 Å². The number of hydrogen-bond acceptors (Lipinski definition) is 4. The summed E-state index contributed by atoms with van der Waals surface area (Å²) in [6.07, 6.45) is 2.72. The van der Waals surface area contributed by atoms with Crippen molar-refractivity contribution >= 4 is 0 Å². The standard InChI is InChI=1S/C16H17N3O/c17-8-11-20-16-6-3-4-14(12-16)13-18-10-7-15-5-1-2-9-19-15/h1-6,9,12,18H,7,10-11,13H2. The molecule has 0 aliphatic rings. The maximum atomic E-state index is 8.49. The van der Waals surface area contributed by atoms with E-state index in [1.807, 2.05) is 54.7 Å². The van der Waals surface area contributed by atoms with Gasteiger partial charge in [-0.2, -0.15) is 5.26 Å². The Kier molecular flexibility index (Phi) is 5.56. The average molecular weight is 267 g/mol. The van der Waals surface area contributed by atoms with E-state index in [1.165, 1.54) is 0 Å². The minimum atomic E-state index is 0.0799. The van der Waals surface area contributed by atoms with Gasteiger partial charge >= 0.3 is 0 Å². The van der Waals surface area contributed by atoms with Gasteiger partial charge in [0.25, 0.3) is 0 Å². The number of pyridine rings is 1. The van der Waals surface area contributed by atoms with Crippen LogP contribution in [0.25, 0.3) is 0 Å². The molecule has 20 heavy (non-hydrogen) atoms. The second-order valence-electron chi connectivity index (χ2n) is 4.34. The Hall–Kier alpha value is -2.38. The second kappa shape index (κ2) is 7.93. The minimum absolute atomic E-state index is 0.0799. The van der Waals surface area contributed by atoms with Crippen molar-refractivity contribution in [3.8, 4) is 11.8 Å². The molecular weight excluding hydrogens is 250 g/mol. The molecule has 102 valence electrons. The SMILES string of the molecule is N#CCOc1cccc(CNCCc2ccccn2)c1. The number of nitrogens with one attached hydrogen (secondary N) is 1. The van der Waals surface area contributed by atoms with Gasteiger partial charge < -0.3 is 10.1 Å². The minimum Gasteiger partial charge on any atom is -0.479 e. The molecule has 0 unspecified atom stereocenters. The first-order valence-corrected chi connectivity index (χ1v) is 6.58. The fourth-order valence-electron chi connectivity index (χ4n) is 1.86. The highest BCUT2D eigenvalue weighted by molar-refractivity contribution is 5.28. The van der Waals surface area contributed by atoms with Crippen LogP contribution in [0.2, 0.25) is 0 Å². The van der Waals surface area contributed by atoms with Crippen LogP contribution in [-0.4, -0.2) is 18.1 Å². The molecule has 0 saturated heterocycles. The lowest BCUT2D eigenvalue weighted by Crippen LogP contribution is -2.17. The Morgan fingerprint density at radius 2 is 2.15 bits per heavy atom. The fourth-order valence-corrected chi connectivity index (χ4v) is 1.86. The van der Waals surface area contributed by atoms with Gasteiger partial charge in [0.15, 0.2) is 6.61 Å². The Morgan fingerprint density at radius 1 is 1.20 bits per heavy atom. The molecule has 1 N–H and O–H groups in total. The summed E-state index contributed by atoms with van der Waals surface area (Å²) in [5.41, 5.74) is 2.23. The van der Waals surface area contributed by atoms with Gasteiger partial charge in [-0.15, -0.1) is 0 Å². The molecule has 1 aromatic heterocycles. The molecule has 0 fully saturated rings. The van der Waals surface area contributed by atoms with E-state index in [0.29, 0.717) is 0 Å². The van der Waals surface area contributed by atoms with E-state index in [-0.39, 0.29) is 6.61 Å². The van der Waals surface area contributed by atoms with Gasteiger partial charge in [0.2, 0.25) is 0 Å². The maximum absolute atomic E-state index is 8.49. The zero-order valence-corrected chi connectivity index (χ0v) is 11.2. The number of rotatable bonds is 7. The van der Waals surface area contributed by atoms with Crippen LogP contribution in [-0.2, 0) is 13.0 Å². The van der Waals surface area contributed by atoms with Gasteiger partial charge in [0.1, 0.15) is 11.8 Å². The Labute approximate surface area is 119 Å². The summed E-state index contributed by atoms with van der Waals surface area (Å²) in [7, 11) is 0. The maximum Gasteiger partial charge on any atom is 0.174 e. The molecule has 0 aliphatic heterocycles. The molecule has 2 rings (SSSR count). The van der Waals surface area contributed by atoms with Crippen LogP contribution in [0.1, 0.15) is 11.3 Å². The number of ether oxygens (including phenoxy) is 1. The first-order valence-electron chi connectivity index (χ1n) is 6.58. The van der Waals surface area contributed by atoms with Gasteiger partial charge in [-0.25, -0.2) is 0 Å². The van der Waals surface area contributed by atoms with E-state index in [4.69, 9.17) is 10.00 Å². The Balaban J connectivity index is 1.75. The Morgan fingerprint density at radius 3 is 2.95 bits per heavy atom. The van der Waals surface area contributed by atoms with Crippen molar-refractivity contribution in [2.75, 3.05) is 13.2 Å². The highest BCUT2D eigenvalue weighted by Crippen LogP contribution is 2.12. The van der Waals surface area contributed by atoms with Crippen LogP contribution >= 0.6 is 0 Å². The van der Waals surface area contributed by atoms with Crippen molar-refractivity contribution in [2.24, 2.45) is 0 Å². The number of nitrogens with zero attached hydrogens (tertiary/aromatic N) is 2. The molecule has 4 heteroatoms. The molecule has 0 radical (unpaired) electrons. The van der Waals surface area contributed by atoms with Gasteiger partial charge in [-0.05, 0) is 29.8 Å². The molecule has 1 aromatic carbocycles. The number of nitriles is 1. The summed E-state index contributed by atoms with van der Waals surface area (Å²) in [6, 6.07) is 15.7. The van der Waals surface area contributed by atoms with Crippen LogP contribution in [0, 0.1) is 11.3 Å². The zero-order valence-electron chi connectivity index (χ0n) is 11.2. The lowest BCUT2D eigenvalue weighted by atomic mass is 10.2. The molecule has 0 bridgehead atoms. The molecule has 0 spiro atoms. The summed E-state index contributed by atoms with van der Waals surface area (Å²) < 4.78 is 5.27. The highest BCUT2D eigenvalue weighted by Gasteiger charge is 1.97. The number of hydrogen-bond donors (Lipinski definition) is 1. The van der Waals surface area contributed by atoms with Crippen LogP contribution < -0.4 is 10.1 Å². The van der Waals surface area contributed by atoms with Crippen molar-refractivity contribution in [3.05, 3.63) is 59.9 Å². The van der Waals surface area contributed by atoms with Crippen molar-refractivity contribution in [1.29, 1.82) is 5.26 Å². The zero-order chi connectivity index (χ0) is 14.0. The normalized spacial score (nSPS) is 9.95. The average Bonchev–Trinajstić information content (AvgIpc) is 2.51. The molecule has 2 aromatic rings. The number of benzene rings is 1. The molecular formula is C16H17N3O. The van der Waals surface area contributed by atoms with E-state index in [1.54, 1.807) is 0 Å². The lowest BCUT2D eigenvalue weighted by molar-refractivity contribution is 0.367. The summed E-state index contributed by atoms with van der Waals surface area (Å²) in [6.45, 7) is 1.73. The monoisotopic (exact) mass is 267 g/mol. The van der Waals surface area contributed by atoms with E-state index >= 15 is 0 Å². The van der Waals surface area contributed by atoms with Gasteiger partial charge in [-0.1, -0.05) is 18.2 Å². The van der Waals surface area contributed by atoms with Crippen LogP contribution in [0.3, 0.4) is 0 Å². The first kappa shape index (κ1) is 14.0. The van der Waals surface area contributed by atoms with Crippen molar-refractivity contribution in [2.45, 2.75) is 13.0 Å². The third-order valence-electron chi connectivity index (χ3n) is 2.82. The summed E-state index contributed by atoms with van der Waals surface area (Å²) in [4.78, 5) is 4.28. The third kappa shape index (κ3) is 4.71. The van der Waals surface area contributed by atoms with Gasteiger partial charge in [-0.3, -0.25) is 4.98 Å². The van der Waals surface area contributed by atoms with Crippen LogP contribution in [0.5, 0.6) is 5.75 Å². The molecule has 4 nitrogen and oxygen atoms in total. The van der Waals surface area contributed by atoms with E-state index in [9.17, 15) is 0 Å². The van der Waals surface area contributed by atoms with E-state index in [2.05, 4.69) is 10.3 Å². The molecule has 1 heterocycles. The lowest BCUT2D eigenvalue weighted by Gasteiger charge is -2.07. The molecule has 0 aliphatic carbocycles. The topological polar surface area (TPSA) is 57.9 Å². The molecule has 0 saturated carbocycles. The predicted molar refractivity (Wildman–Crippen MR) is 77.2 cm³/mol. The summed E-state index contributed by atoms with van der Waals surface area (Å²) in [5.74, 6) is 0.732. The van der Waals surface area contributed by atoms with Crippen LogP contribution in [0.4, 0.5) is 0 Å². The third-order valence-corrected chi connectivity index (χ3v) is 2.82. The van der Waals surface area contributed by atoms with Crippen molar-refractivity contribution < 1.29 is 4.74 Å². The predicted octanol–water partition coefficient (Wildman–Crippen LogP) is 2.32. The quantitative estimate of drug-likeness (QED) is 0.782. The molecule has 0 atom stereocenters. The largest absolute Gasteiger partial charge is 0.479 e. The van der Waals surface area contributed by atoms with Crippen molar-refractivity contribution in [3.63, 3.8) is 0 Å². The smallest absolute Gasteiger partial charge is 0.174 e. The second-order valence-corrected chi connectivity index (χ2v) is 4.34. The fraction of sp³-hybridized carbons (Fsp3) is 0.250. The van der Waals surface area contributed by atoms with E-state index < -0.39 is 0 Å². The van der Waals surface area contributed by atoms with Gasteiger partial charge in [0, 0.05) is 31.4 Å². The summed E-state index contributed by atoms with van der Waals surface area (Å²) in [5, 5.41) is 11.9. The summed E-state index contributed by atoms with van der Waals surface area (Å²) >= 11 is 0. The highest BCUT2D eigenvalue weighted by atomic mass is 16.5. The van der Waals surface area contributed by atoms with Gasteiger partial charge in [0.05, 0.1) is 0 Å².